The van der Waals surface area contributed by atoms with Gasteiger partial charge in [0.05, 0.1) is 11.0 Å². The van der Waals surface area contributed by atoms with Crippen molar-refractivity contribution in [3.05, 3.63) is 33.9 Å². The quantitative estimate of drug-likeness (QED) is 0.677. The minimum absolute atomic E-state index is 0.166. The summed E-state index contributed by atoms with van der Waals surface area (Å²) in [5, 5.41) is 20.4. The summed E-state index contributed by atoms with van der Waals surface area (Å²) in [4.78, 5) is 15.1. The molecule has 1 aromatic carbocycles. The van der Waals surface area contributed by atoms with E-state index in [4.69, 9.17) is 0 Å². The maximum Gasteiger partial charge on any atom is 0.272 e. The Labute approximate surface area is 125 Å². The zero-order valence-electron chi connectivity index (χ0n) is 12.8. The van der Waals surface area contributed by atoms with Crippen LogP contribution in [-0.4, -0.2) is 53.3 Å². The third kappa shape index (κ3) is 3.71. The third-order valence-corrected chi connectivity index (χ3v) is 3.94. The monoisotopic (exact) mass is 293 g/mol. The van der Waals surface area contributed by atoms with E-state index in [1.54, 1.807) is 19.9 Å². The summed E-state index contributed by atoms with van der Waals surface area (Å²) < 4.78 is 0. The van der Waals surface area contributed by atoms with Crippen LogP contribution in [0.3, 0.4) is 0 Å². The van der Waals surface area contributed by atoms with E-state index in [1.807, 2.05) is 12.1 Å². The predicted octanol–water partition coefficient (Wildman–Crippen LogP) is 1.79. The molecule has 1 aliphatic heterocycles. The molecule has 2 rings (SSSR count). The van der Waals surface area contributed by atoms with Crippen molar-refractivity contribution < 1.29 is 10.0 Å². The lowest BCUT2D eigenvalue weighted by Crippen LogP contribution is -2.53. The highest BCUT2D eigenvalue weighted by Crippen LogP contribution is 2.26. The second-order valence-electron chi connectivity index (χ2n) is 5.88. The minimum Gasteiger partial charge on any atom is -0.392 e. The SMILES string of the molecule is Cc1cc(N2CCN(CC(C)O)CC2C)ccc1[N+](=O)[O-]. The number of benzene rings is 1. The summed E-state index contributed by atoms with van der Waals surface area (Å²) in [6.07, 6.45) is -0.314. The van der Waals surface area contributed by atoms with Crippen molar-refractivity contribution in [1.29, 1.82) is 0 Å². The van der Waals surface area contributed by atoms with Gasteiger partial charge in [-0.1, -0.05) is 0 Å². The molecule has 0 spiro atoms. The van der Waals surface area contributed by atoms with Crippen molar-refractivity contribution in [2.45, 2.75) is 32.9 Å². The molecule has 2 unspecified atom stereocenters. The van der Waals surface area contributed by atoms with Gasteiger partial charge in [-0.25, -0.2) is 0 Å². The molecule has 0 aliphatic carbocycles. The van der Waals surface area contributed by atoms with E-state index in [0.717, 1.165) is 25.3 Å². The molecule has 116 valence electrons. The van der Waals surface area contributed by atoms with Crippen molar-refractivity contribution in [3.8, 4) is 0 Å². The second kappa shape index (κ2) is 6.41. The van der Waals surface area contributed by atoms with Gasteiger partial charge >= 0.3 is 0 Å². The molecule has 1 heterocycles. The first-order chi connectivity index (χ1) is 9.88. The Bertz CT molecular complexity index is 519. The number of aryl methyl sites for hydroxylation is 1. The van der Waals surface area contributed by atoms with Crippen LogP contribution in [0.2, 0.25) is 0 Å². The number of aliphatic hydroxyl groups excluding tert-OH is 1. The number of β-amino-alcohol motifs (C(OH)–C–C–N with tert-alkyl or cyclic N) is 1. The van der Waals surface area contributed by atoms with Crippen molar-refractivity contribution >= 4 is 11.4 Å². The number of nitro groups is 1. The highest BCUT2D eigenvalue weighted by Gasteiger charge is 2.25. The van der Waals surface area contributed by atoms with Crippen LogP contribution in [0.5, 0.6) is 0 Å². The molecule has 1 aliphatic rings. The number of anilines is 1. The van der Waals surface area contributed by atoms with Gasteiger partial charge in [0.1, 0.15) is 0 Å². The molecule has 1 saturated heterocycles. The van der Waals surface area contributed by atoms with E-state index in [9.17, 15) is 15.2 Å². The third-order valence-electron chi connectivity index (χ3n) is 3.94. The zero-order valence-corrected chi connectivity index (χ0v) is 12.8. The minimum atomic E-state index is -0.344. The second-order valence-corrected chi connectivity index (χ2v) is 5.88. The largest absolute Gasteiger partial charge is 0.392 e. The lowest BCUT2D eigenvalue weighted by Gasteiger charge is -2.41. The van der Waals surface area contributed by atoms with Gasteiger partial charge in [0.2, 0.25) is 0 Å². The number of nitro benzene ring substituents is 1. The molecule has 0 saturated carbocycles. The maximum absolute atomic E-state index is 10.9. The summed E-state index contributed by atoms with van der Waals surface area (Å²) in [5.74, 6) is 0. The molecule has 1 fully saturated rings. The van der Waals surface area contributed by atoms with E-state index in [2.05, 4.69) is 16.7 Å². The number of hydrogen-bond acceptors (Lipinski definition) is 5. The molecular weight excluding hydrogens is 270 g/mol. The van der Waals surface area contributed by atoms with Gasteiger partial charge < -0.3 is 10.0 Å². The highest BCUT2D eigenvalue weighted by atomic mass is 16.6. The van der Waals surface area contributed by atoms with E-state index in [0.29, 0.717) is 18.2 Å². The number of rotatable bonds is 4. The molecule has 1 N–H and O–H groups in total. The van der Waals surface area contributed by atoms with E-state index < -0.39 is 0 Å². The summed E-state index contributed by atoms with van der Waals surface area (Å²) in [6, 6.07) is 5.61. The van der Waals surface area contributed by atoms with Gasteiger partial charge in [-0.2, -0.15) is 0 Å². The van der Waals surface area contributed by atoms with Crippen LogP contribution >= 0.6 is 0 Å². The number of piperazine rings is 1. The highest BCUT2D eigenvalue weighted by molar-refractivity contribution is 5.56. The molecule has 0 bridgehead atoms. The molecule has 21 heavy (non-hydrogen) atoms. The van der Waals surface area contributed by atoms with Gasteiger partial charge in [0.15, 0.2) is 0 Å². The molecule has 0 amide bonds. The standard InChI is InChI=1S/C15H23N3O3/c1-11-8-14(4-5-15(11)18(20)21)17-7-6-16(9-12(17)2)10-13(3)19/h4-5,8,12-13,19H,6-7,9-10H2,1-3H3. The smallest absolute Gasteiger partial charge is 0.272 e. The molecule has 6 heteroatoms. The lowest BCUT2D eigenvalue weighted by atomic mass is 10.1. The van der Waals surface area contributed by atoms with Crippen molar-refractivity contribution in [2.24, 2.45) is 0 Å². The average Bonchev–Trinajstić information content (AvgIpc) is 2.37. The van der Waals surface area contributed by atoms with Crippen LogP contribution in [0.1, 0.15) is 19.4 Å². The van der Waals surface area contributed by atoms with E-state index >= 15 is 0 Å². The molecular formula is C15H23N3O3. The van der Waals surface area contributed by atoms with Crippen molar-refractivity contribution in [1.82, 2.24) is 4.90 Å². The lowest BCUT2D eigenvalue weighted by molar-refractivity contribution is -0.385. The summed E-state index contributed by atoms with van der Waals surface area (Å²) >= 11 is 0. The van der Waals surface area contributed by atoms with Crippen LogP contribution in [0.4, 0.5) is 11.4 Å². The van der Waals surface area contributed by atoms with E-state index in [1.165, 1.54) is 0 Å². The Balaban J connectivity index is 2.09. The molecule has 0 aromatic heterocycles. The Hall–Kier alpha value is -1.66. The Morgan fingerprint density at radius 3 is 2.71 bits per heavy atom. The van der Waals surface area contributed by atoms with Gasteiger partial charge in [0, 0.05) is 49.5 Å². The summed E-state index contributed by atoms with van der Waals surface area (Å²) in [5.41, 5.74) is 1.89. The fourth-order valence-electron chi connectivity index (χ4n) is 2.98. The Kier molecular flexibility index (Phi) is 4.80. The van der Waals surface area contributed by atoms with E-state index in [-0.39, 0.29) is 16.7 Å². The zero-order chi connectivity index (χ0) is 15.6. The maximum atomic E-state index is 10.9. The number of nitrogens with zero attached hydrogens (tertiary/aromatic N) is 3. The molecule has 2 atom stereocenters. The molecule has 6 nitrogen and oxygen atoms in total. The summed E-state index contributed by atoms with van der Waals surface area (Å²) in [7, 11) is 0. The normalized spacial score (nSPS) is 21.3. The Morgan fingerprint density at radius 1 is 1.48 bits per heavy atom. The number of hydrogen-bond donors (Lipinski definition) is 1. The average molecular weight is 293 g/mol. The first-order valence-electron chi connectivity index (χ1n) is 7.30. The van der Waals surface area contributed by atoms with Gasteiger partial charge in [-0.15, -0.1) is 0 Å². The fraction of sp³-hybridized carbons (Fsp3) is 0.600. The van der Waals surface area contributed by atoms with Crippen LogP contribution in [-0.2, 0) is 0 Å². The molecule has 0 radical (unpaired) electrons. The topological polar surface area (TPSA) is 69.8 Å². The van der Waals surface area contributed by atoms with Gasteiger partial charge in [0.25, 0.3) is 5.69 Å². The van der Waals surface area contributed by atoms with Crippen molar-refractivity contribution in [2.75, 3.05) is 31.1 Å². The first-order valence-corrected chi connectivity index (χ1v) is 7.30. The molecule has 1 aromatic rings. The predicted molar refractivity (Wildman–Crippen MR) is 82.8 cm³/mol. The van der Waals surface area contributed by atoms with Crippen LogP contribution in [0.25, 0.3) is 0 Å². The van der Waals surface area contributed by atoms with Crippen LogP contribution in [0.15, 0.2) is 18.2 Å². The van der Waals surface area contributed by atoms with Gasteiger partial charge in [-0.3, -0.25) is 15.0 Å². The first kappa shape index (κ1) is 15.7. The van der Waals surface area contributed by atoms with Crippen molar-refractivity contribution in [3.63, 3.8) is 0 Å². The van der Waals surface area contributed by atoms with Gasteiger partial charge in [-0.05, 0) is 32.9 Å². The van der Waals surface area contributed by atoms with Crippen LogP contribution in [0, 0.1) is 17.0 Å². The Morgan fingerprint density at radius 2 is 2.19 bits per heavy atom. The van der Waals surface area contributed by atoms with Crippen LogP contribution < -0.4 is 4.90 Å². The number of aliphatic hydroxyl groups is 1. The summed E-state index contributed by atoms with van der Waals surface area (Å²) in [6.45, 7) is 9.06. The fourth-order valence-corrected chi connectivity index (χ4v) is 2.98.